The van der Waals surface area contributed by atoms with Crippen molar-refractivity contribution in [2.75, 3.05) is 10.6 Å². The Balaban J connectivity index is 1.90. The van der Waals surface area contributed by atoms with E-state index in [1.165, 1.54) is 12.1 Å². The van der Waals surface area contributed by atoms with Gasteiger partial charge in [-0.15, -0.1) is 0 Å². The number of ketones is 1. The van der Waals surface area contributed by atoms with Gasteiger partial charge in [-0.05, 0) is 66.8 Å². The lowest BCUT2D eigenvalue weighted by atomic mass is 9.67. The Kier molecular flexibility index (Phi) is 4.81. The lowest BCUT2D eigenvalue weighted by Gasteiger charge is -2.52. The van der Waals surface area contributed by atoms with Crippen LogP contribution in [-0.4, -0.2) is 16.2 Å². The van der Waals surface area contributed by atoms with Crippen molar-refractivity contribution in [3.8, 4) is 0 Å². The fourth-order valence-electron chi connectivity index (χ4n) is 4.82. The van der Waals surface area contributed by atoms with Crippen molar-refractivity contribution in [3.05, 3.63) is 94.0 Å². The number of nitrogens with zero attached hydrogens (tertiary/aromatic N) is 2. The molecule has 4 rings (SSSR count). The molecule has 158 valence electrons. The molecule has 1 aliphatic rings. The molecule has 1 heterocycles. The van der Waals surface area contributed by atoms with Crippen molar-refractivity contribution >= 4 is 28.5 Å². The first kappa shape index (κ1) is 20.6. The summed E-state index contributed by atoms with van der Waals surface area (Å²) in [6.07, 6.45) is 0.557. The minimum Gasteiger partial charge on any atom is -0.399 e. The third-order valence-electron chi connectivity index (χ3n) is 6.11. The Morgan fingerprint density at radius 3 is 2.26 bits per heavy atom. The first-order chi connectivity index (χ1) is 14.6. The second-order valence-electron chi connectivity index (χ2n) is 8.92. The Hall–Kier alpha value is -3.67. The summed E-state index contributed by atoms with van der Waals surface area (Å²) >= 11 is 0. The fraction of sp³-hybridized carbons (Fsp3) is 0.240. The van der Waals surface area contributed by atoms with Crippen molar-refractivity contribution in [3.63, 3.8) is 0 Å². The molecule has 1 unspecified atom stereocenters. The maximum Gasteiger partial charge on any atom is 0.269 e. The van der Waals surface area contributed by atoms with Gasteiger partial charge in [-0.25, -0.2) is 0 Å². The number of carbonyl (C=O) groups is 1. The molecule has 2 N–H and O–H groups in total. The Morgan fingerprint density at radius 2 is 1.65 bits per heavy atom. The number of fused-ring (bicyclic) bond motifs is 1. The van der Waals surface area contributed by atoms with Crippen LogP contribution in [0.2, 0.25) is 0 Å². The van der Waals surface area contributed by atoms with Gasteiger partial charge in [0, 0.05) is 34.8 Å². The SMILES string of the molecule is CC1(C)CC(C)(C(=O)c2ccc([N+](=O)[O-])cc2)N(c2ccccc2)c2ccc(N)cc21. The summed E-state index contributed by atoms with van der Waals surface area (Å²) in [4.78, 5) is 26.6. The number of nitrogens with two attached hydrogens (primary N) is 1. The first-order valence-electron chi connectivity index (χ1n) is 10.2. The van der Waals surface area contributed by atoms with Gasteiger partial charge in [0.05, 0.1) is 4.92 Å². The number of nitrogen functional groups attached to an aromatic ring is 1. The van der Waals surface area contributed by atoms with Gasteiger partial charge >= 0.3 is 0 Å². The lowest BCUT2D eigenvalue weighted by molar-refractivity contribution is -0.384. The number of Topliss-reactive ketones (excluding diaryl/α,β-unsaturated/α-hetero) is 1. The highest BCUT2D eigenvalue weighted by Crippen LogP contribution is 2.51. The largest absolute Gasteiger partial charge is 0.399 e. The maximum atomic E-state index is 13.9. The van der Waals surface area contributed by atoms with Crippen molar-refractivity contribution in [2.24, 2.45) is 0 Å². The zero-order chi connectivity index (χ0) is 22.4. The van der Waals surface area contributed by atoms with E-state index in [0.29, 0.717) is 17.7 Å². The normalized spacial score (nSPS) is 19.5. The molecule has 0 radical (unpaired) electrons. The van der Waals surface area contributed by atoms with E-state index >= 15 is 0 Å². The van der Waals surface area contributed by atoms with Gasteiger partial charge in [0.25, 0.3) is 5.69 Å². The molecule has 3 aromatic carbocycles. The number of rotatable bonds is 4. The summed E-state index contributed by atoms with van der Waals surface area (Å²) < 4.78 is 0. The molecule has 0 aromatic heterocycles. The maximum absolute atomic E-state index is 13.9. The van der Waals surface area contributed by atoms with Gasteiger partial charge in [-0.3, -0.25) is 14.9 Å². The van der Waals surface area contributed by atoms with Crippen molar-refractivity contribution in [2.45, 2.75) is 38.1 Å². The second-order valence-corrected chi connectivity index (χ2v) is 8.92. The van der Waals surface area contributed by atoms with Crippen LogP contribution < -0.4 is 10.6 Å². The van der Waals surface area contributed by atoms with Crippen LogP contribution in [0.25, 0.3) is 0 Å². The van der Waals surface area contributed by atoms with Gasteiger partial charge in [0.1, 0.15) is 5.54 Å². The van der Waals surface area contributed by atoms with Gasteiger partial charge in [-0.2, -0.15) is 0 Å². The molecule has 6 nitrogen and oxygen atoms in total. The zero-order valence-corrected chi connectivity index (χ0v) is 17.8. The number of hydrogen-bond donors (Lipinski definition) is 1. The molecule has 0 amide bonds. The van der Waals surface area contributed by atoms with Crippen LogP contribution >= 0.6 is 0 Å². The number of nitro groups is 1. The second kappa shape index (κ2) is 7.23. The Morgan fingerprint density at radius 1 is 1.00 bits per heavy atom. The van der Waals surface area contributed by atoms with E-state index in [-0.39, 0.29) is 16.9 Å². The van der Waals surface area contributed by atoms with Gasteiger partial charge < -0.3 is 10.6 Å². The van der Waals surface area contributed by atoms with E-state index in [4.69, 9.17) is 5.73 Å². The number of nitro benzene ring substituents is 1. The van der Waals surface area contributed by atoms with Crippen molar-refractivity contribution < 1.29 is 9.72 Å². The van der Waals surface area contributed by atoms with Crippen LogP contribution in [0.1, 0.15) is 43.1 Å². The van der Waals surface area contributed by atoms with Gasteiger partial charge in [-0.1, -0.05) is 32.0 Å². The smallest absolute Gasteiger partial charge is 0.269 e. The number of carbonyl (C=O) groups excluding carboxylic acids is 1. The summed E-state index contributed by atoms with van der Waals surface area (Å²) in [5, 5.41) is 11.0. The summed E-state index contributed by atoms with van der Waals surface area (Å²) in [6.45, 7) is 6.19. The minimum atomic E-state index is -0.899. The molecular weight excluding hydrogens is 390 g/mol. The first-order valence-corrected chi connectivity index (χ1v) is 10.2. The number of benzene rings is 3. The van der Waals surface area contributed by atoms with Crippen LogP contribution in [0.3, 0.4) is 0 Å². The number of hydrogen-bond acceptors (Lipinski definition) is 5. The van der Waals surface area contributed by atoms with Crippen LogP contribution in [0.4, 0.5) is 22.7 Å². The number of para-hydroxylation sites is 1. The molecule has 1 aliphatic heterocycles. The highest BCUT2D eigenvalue weighted by Gasteiger charge is 2.50. The minimum absolute atomic E-state index is 0.0357. The van der Waals surface area contributed by atoms with Crippen molar-refractivity contribution in [1.82, 2.24) is 0 Å². The Bertz CT molecular complexity index is 1160. The van der Waals surface area contributed by atoms with Gasteiger partial charge in [0.2, 0.25) is 0 Å². The molecule has 0 saturated carbocycles. The third kappa shape index (κ3) is 3.44. The highest BCUT2D eigenvalue weighted by molar-refractivity contribution is 6.07. The van der Waals surface area contributed by atoms with E-state index in [1.54, 1.807) is 12.1 Å². The van der Waals surface area contributed by atoms with Crippen molar-refractivity contribution in [1.29, 1.82) is 0 Å². The summed E-state index contributed by atoms with van der Waals surface area (Å²) in [7, 11) is 0. The fourth-order valence-corrected chi connectivity index (χ4v) is 4.82. The van der Waals surface area contributed by atoms with E-state index in [1.807, 2.05) is 55.5 Å². The summed E-state index contributed by atoms with van der Waals surface area (Å²) in [5.41, 5.74) is 8.93. The molecule has 31 heavy (non-hydrogen) atoms. The monoisotopic (exact) mass is 415 g/mol. The molecule has 1 atom stereocenters. The molecule has 0 fully saturated rings. The van der Waals surface area contributed by atoms with Crippen LogP contribution in [0, 0.1) is 10.1 Å². The summed E-state index contributed by atoms with van der Waals surface area (Å²) in [5.74, 6) is -0.0817. The standard InChI is InChI=1S/C25H25N3O3/c1-24(2)16-25(3,23(29)17-9-12-20(13-10-17)28(30)31)27(19-7-5-4-6-8-19)22-14-11-18(26)15-21(22)24/h4-15H,16,26H2,1-3H3. The number of non-ortho nitro benzene ring substituents is 1. The predicted molar refractivity (Wildman–Crippen MR) is 123 cm³/mol. The topological polar surface area (TPSA) is 89.5 Å². The Labute approximate surface area is 181 Å². The summed E-state index contributed by atoms with van der Waals surface area (Å²) in [6, 6.07) is 21.5. The third-order valence-corrected chi connectivity index (χ3v) is 6.11. The van der Waals surface area contributed by atoms with Gasteiger partial charge in [0.15, 0.2) is 5.78 Å². The van der Waals surface area contributed by atoms with Crippen LogP contribution in [0.15, 0.2) is 72.8 Å². The molecule has 0 aliphatic carbocycles. The van der Waals surface area contributed by atoms with E-state index in [2.05, 4.69) is 18.7 Å². The molecule has 0 saturated heterocycles. The number of anilines is 3. The quantitative estimate of drug-likeness (QED) is 0.258. The molecule has 0 spiro atoms. The van der Waals surface area contributed by atoms with E-state index < -0.39 is 10.5 Å². The lowest BCUT2D eigenvalue weighted by Crippen LogP contribution is -2.57. The molecule has 0 bridgehead atoms. The van der Waals surface area contributed by atoms with E-state index in [9.17, 15) is 14.9 Å². The average Bonchev–Trinajstić information content (AvgIpc) is 2.74. The van der Waals surface area contributed by atoms with Crippen LogP contribution in [0.5, 0.6) is 0 Å². The molecule has 6 heteroatoms. The predicted octanol–water partition coefficient (Wildman–Crippen LogP) is 5.64. The highest BCUT2D eigenvalue weighted by atomic mass is 16.6. The van der Waals surface area contributed by atoms with E-state index in [0.717, 1.165) is 16.9 Å². The molecular formula is C25H25N3O3. The molecule has 3 aromatic rings. The average molecular weight is 415 g/mol. The zero-order valence-electron chi connectivity index (χ0n) is 17.8. The van der Waals surface area contributed by atoms with Crippen LogP contribution in [-0.2, 0) is 5.41 Å².